The number of aromatic nitrogens is 2. The highest BCUT2D eigenvalue weighted by Gasteiger charge is 2.10. The van der Waals surface area contributed by atoms with Gasteiger partial charge in [0, 0.05) is 11.1 Å². The summed E-state index contributed by atoms with van der Waals surface area (Å²) in [6.45, 7) is 0. The van der Waals surface area contributed by atoms with Crippen molar-refractivity contribution in [1.82, 2.24) is 10.2 Å². The van der Waals surface area contributed by atoms with Gasteiger partial charge in [0.25, 0.3) is 0 Å². The smallest absolute Gasteiger partial charge is 0.248 e. The Hall–Kier alpha value is -4.90. The fourth-order valence-electron chi connectivity index (χ4n) is 3.49. The van der Waals surface area contributed by atoms with Gasteiger partial charge < -0.3 is 14.6 Å². The van der Waals surface area contributed by atoms with E-state index in [9.17, 15) is 10.2 Å². The lowest BCUT2D eigenvalue weighted by atomic mass is 10.1. The van der Waals surface area contributed by atoms with Gasteiger partial charge in [-0.25, -0.2) is 0 Å². The fraction of sp³-hybridized carbons (Fsp3) is 0. The van der Waals surface area contributed by atoms with E-state index >= 15 is 0 Å². The van der Waals surface area contributed by atoms with Crippen molar-refractivity contribution in [2.75, 3.05) is 0 Å². The number of hydrogen-bond acceptors (Lipinski definition) is 5. The molecular formula is C30H22N2O3. The lowest BCUT2D eigenvalue weighted by Crippen LogP contribution is -1.79. The standard InChI is InChI=1S/C30H22N2O3/c33-27-17-9-23(10-18-27)3-1-21-5-13-25(14-6-21)29-31-32-30(35-29)26-15-7-22(8-16-26)2-4-24-11-19-28(34)20-12-24/h1-20,33-34H/b3-1+,4-2+. The highest BCUT2D eigenvalue weighted by molar-refractivity contribution is 5.72. The number of phenolic OH excluding ortho intramolecular Hbond substituents is 2. The minimum Gasteiger partial charge on any atom is -0.508 e. The average molecular weight is 459 g/mol. The molecule has 35 heavy (non-hydrogen) atoms. The summed E-state index contributed by atoms with van der Waals surface area (Å²) in [5.74, 6) is 1.43. The maximum absolute atomic E-state index is 9.38. The van der Waals surface area contributed by atoms with Gasteiger partial charge in [-0.05, 0) is 70.8 Å². The molecule has 0 spiro atoms. The van der Waals surface area contributed by atoms with E-state index in [1.807, 2.05) is 97.1 Å². The normalized spacial score (nSPS) is 11.4. The highest BCUT2D eigenvalue weighted by Crippen LogP contribution is 2.25. The molecule has 1 aromatic heterocycles. The molecule has 4 aromatic carbocycles. The minimum atomic E-state index is 0.254. The molecule has 0 aliphatic rings. The molecule has 0 fully saturated rings. The molecule has 5 heteroatoms. The Bertz CT molecular complexity index is 1350. The summed E-state index contributed by atoms with van der Waals surface area (Å²) in [7, 11) is 0. The first-order valence-electron chi connectivity index (χ1n) is 11.1. The van der Waals surface area contributed by atoms with E-state index in [-0.39, 0.29) is 11.5 Å². The SMILES string of the molecule is Oc1ccc(/C=C/c2ccc(-c3nnc(-c4ccc(/C=C/c5ccc(O)cc5)cc4)o3)cc2)cc1. The van der Waals surface area contributed by atoms with E-state index in [1.165, 1.54) is 0 Å². The molecule has 5 aromatic rings. The van der Waals surface area contributed by atoms with Gasteiger partial charge in [-0.1, -0.05) is 72.8 Å². The Labute approximate surface area is 203 Å². The Balaban J connectivity index is 1.25. The van der Waals surface area contributed by atoms with E-state index in [0.29, 0.717) is 11.8 Å². The van der Waals surface area contributed by atoms with Crippen LogP contribution in [0.25, 0.3) is 47.2 Å². The third-order valence-electron chi connectivity index (χ3n) is 5.46. The van der Waals surface area contributed by atoms with Crippen LogP contribution in [0.1, 0.15) is 22.3 Å². The van der Waals surface area contributed by atoms with Crippen molar-refractivity contribution in [3.63, 3.8) is 0 Å². The third-order valence-corrected chi connectivity index (χ3v) is 5.46. The predicted molar refractivity (Wildman–Crippen MR) is 139 cm³/mol. The van der Waals surface area contributed by atoms with Gasteiger partial charge in [0.1, 0.15) is 11.5 Å². The zero-order valence-electron chi connectivity index (χ0n) is 18.7. The summed E-state index contributed by atoms with van der Waals surface area (Å²) >= 11 is 0. The fourth-order valence-corrected chi connectivity index (χ4v) is 3.49. The minimum absolute atomic E-state index is 0.254. The van der Waals surface area contributed by atoms with Gasteiger partial charge >= 0.3 is 0 Å². The Morgan fingerprint density at radius 3 is 1.03 bits per heavy atom. The van der Waals surface area contributed by atoms with Gasteiger partial charge in [0.2, 0.25) is 11.8 Å². The third kappa shape index (κ3) is 5.54. The lowest BCUT2D eigenvalue weighted by molar-refractivity contribution is 0.474. The Morgan fingerprint density at radius 1 is 0.429 bits per heavy atom. The second kappa shape index (κ2) is 9.93. The quantitative estimate of drug-likeness (QED) is 0.264. The molecule has 0 saturated heterocycles. The molecule has 0 radical (unpaired) electrons. The van der Waals surface area contributed by atoms with Crippen LogP contribution in [0.3, 0.4) is 0 Å². The molecule has 2 N–H and O–H groups in total. The van der Waals surface area contributed by atoms with Crippen LogP contribution in [-0.4, -0.2) is 20.4 Å². The van der Waals surface area contributed by atoms with Crippen LogP contribution in [0.2, 0.25) is 0 Å². The Kier molecular flexibility index (Phi) is 6.22. The van der Waals surface area contributed by atoms with Crippen molar-refractivity contribution in [3.8, 4) is 34.4 Å². The first-order chi connectivity index (χ1) is 17.1. The second-order valence-corrected chi connectivity index (χ2v) is 8.01. The molecular weight excluding hydrogens is 436 g/mol. The molecule has 170 valence electrons. The number of aromatic hydroxyl groups is 2. The van der Waals surface area contributed by atoms with Crippen LogP contribution < -0.4 is 0 Å². The van der Waals surface area contributed by atoms with Crippen molar-refractivity contribution in [2.45, 2.75) is 0 Å². The summed E-state index contributed by atoms with van der Waals surface area (Å²) in [6.07, 6.45) is 7.99. The molecule has 0 aliphatic carbocycles. The molecule has 0 bridgehead atoms. The molecule has 0 amide bonds. The number of benzene rings is 4. The monoisotopic (exact) mass is 458 g/mol. The maximum atomic E-state index is 9.38. The average Bonchev–Trinajstić information content (AvgIpc) is 3.39. The Morgan fingerprint density at radius 2 is 0.714 bits per heavy atom. The maximum Gasteiger partial charge on any atom is 0.248 e. The molecule has 5 rings (SSSR count). The topological polar surface area (TPSA) is 79.4 Å². The lowest BCUT2D eigenvalue weighted by Gasteiger charge is -1.99. The summed E-state index contributed by atoms with van der Waals surface area (Å²) in [5.41, 5.74) is 5.79. The van der Waals surface area contributed by atoms with Crippen molar-refractivity contribution >= 4 is 24.3 Å². The number of hydrogen-bond donors (Lipinski definition) is 2. The van der Waals surface area contributed by atoms with Gasteiger partial charge in [0.15, 0.2) is 0 Å². The zero-order chi connectivity index (χ0) is 24.0. The molecule has 5 nitrogen and oxygen atoms in total. The van der Waals surface area contributed by atoms with Crippen LogP contribution in [0, 0.1) is 0 Å². The van der Waals surface area contributed by atoms with Crippen molar-refractivity contribution < 1.29 is 14.6 Å². The summed E-state index contributed by atoms with van der Waals surface area (Å²) < 4.78 is 5.91. The first-order valence-corrected chi connectivity index (χ1v) is 11.1. The van der Waals surface area contributed by atoms with Crippen molar-refractivity contribution in [2.24, 2.45) is 0 Å². The van der Waals surface area contributed by atoms with E-state index in [4.69, 9.17) is 4.42 Å². The number of nitrogens with zero attached hydrogens (tertiary/aromatic N) is 2. The van der Waals surface area contributed by atoms with E-state index < -0.39 is 0 Å². The van der Waals surface area contributed by atoms with Gasteiger partial charge in [-0.15, -0.1) is 10.2 Å². The van der Waals surface area contributed by atoms with Gasteiger partial charge in [0.05, 0.1) is 0 Å². The first kappa shape index (κ1) is 21.9. The van der Waals surface area contributed by atoms with Crippen LogP contribution in [0.15, 0.2) is 101 Å². The summed E-state index contributed by atoms with van der Waals surface area (Å²) in [4.78, 5) is 0. The molecule has 0 unspecified atom stereocenters. The van der Waals surface area contributed by atoms with Crippen LogP contribution in [0.5, 0.6) is 11.5 Å². The summed E-state index contributed by atoms with van der Waals surface area (Å²) in [5, 5.41) is 27.2. The molecule has 0 saturated carbocycles. The van der Waals surface area contributed by atoms with Gasteiger partial charge in [-0.2, -0.15) is 0 Å². The van der Waals surface area contributed by atoms with E-state index in [1.54, 1.807) is 24.3 Å². The van der Waals surface area contributed by atoms with Crippen molar-refractivity contribution in [3.05, 3.63) is 119 Å². The van der Waals surface area contributed by atoms with Crippen molar-refractivity contribution in [1.29, 1.82) is 0 Å². The molecule has 0 atom stereocenters. The van der Waals surface area contributed by atoms with Crippen LogP contribution in [0.4, 0.5) is 0 Å². The van der Waals surface area contributed by atoms with E-state index in [0.717, 1.165) is 33.4 Å². The molecule has 1 heterocycles. The van der Waals surface area contributed by atoms with Crippen LogP contribution in [-0.2, 0) is 0 Å². The van der Waals surface area contributed by atoms with Gasteiger partial charge in [-0.3, -0.25) is 0 Å². The second-order valence-electron chi connectivity index (χ2n) is 8.01. The molecule has 0 aliphatic heterocycles. The highest BCUT2D eigenvalue weighted by atomic mass is 16.4. The van der Waals surface area contributed by atoms with Crippen LogP contribution >= 0.6 is 0 Å². The summed E-state index contributed by atoms with van der Waals surface area (Å²) in [6, 6.07) is 29.9. The number of rotatable bonds is 6. The predicted octanol–water partition coefficient (Wildman–Crippen LogP) is 7.16. The zero-order valence-corrected chi connectivity index (χ0v) is 18.7. The number of phenols is 2. The largest absolute Gasteiger partial charge is 0.508 e. The van der Waals surface area contributed by atoms with E-state index in [2.05, 4.69) is 10.2 Å².